The van der Waals surface area contributed by atoms with Gasteiger partial charge in [0.05, 0.1) is 0 Å². The Bertz CT molecular complexity index is 258. The number of rotatable bonds is 5. The molecule has 1 aliphatic carbocycles. The Morgan fingerprint density at radius 2 is 2.06 bits per heavy atom. The molecule has 0 spiro atoms. The van der Waals surface area contributed by atoms with Crippen molar-refractivity contribution in [1.29, 1.82) is 0 Å². The van der Waals surface area contributed by atoms with Crippen molar-refractivity contribution in [3.63, 3.8) is 0 Å². The quantitative estimate of drug-likeness (QED) is 0.783. The molecule has 3 heteroatoms. The summed E-state index contributed by atoms with van der Waals surface area (Å²) in [7, 11) is 2.26. The molecule has 0 aromatic carbocycles. The van der Waals surface area contributed by atoms with Gasteiger partial charge in [0.1, 0.15) is 0 Å². The number of nitrogens with zero attached hydrogens (tertiary/aromatic N) is 1. The molecule has 3 nitrogen and oxygen atoms in total. The molecule has 1 atom stereocenters. The van der Waals surface area contributed by atoms with Crippen LogP contribution in [0.15, 0.2) is 0 Å². The standard InChI is InChI=1S/C15H31N3/c1-15(2,13-5-4-6-18(3)10-13)11-17-9-12-7-14(16)8-12/h12-14,17H,4-11,16H2,1-3H3. The van der Waals surface area contributed by atoms with Gasteiger partial charge in [-0.1, -0.05) is 13.8 Å². The van der Waals surface area contributed by atoms with Gasteiger partial charge >= 0.3 is 0 Å². The molecular formula is C15H31N3. The number of nitrogens with two attached hydrogens (primary N) is 1. The van der Waals surface area contributed by atoms with E-state index in [4.69, 9.17) is 5.73 Å². The lowest BCUT2D eigenvalue weighted by molar-refractivity contribution is 0.0999. The van der Waals surface area contributed by atoms with Gasteiger partial charge in [0.15, 0.2) is 0 Å². The molecule has 2 fully saturated rings. The maximum absolute atomic E-state index is 5.83. The van der Waals surface area contributed by atoms with Crippen LogP contribution in [0.1, 0.15) is 39.5 Å². The fraction of sp³-hybridized carbons (Fsp3) is 1.00. The van der Waals surface area contributed by atoms with Gasteiger partial charge in [-0.3, -0.25) is 0 Å². The monoisotopic (exact) mass is 253 g/mol. The Morgan fingerprint density at radius 3 is 2.67 bits per heavy atom. The van der Waals surface area contributed by atoms with E-state index in [-0.39, 0.29) is 0 Å². The number of likely N-dealkylation sites (tertiary alicyclic amines) is 1. The first-order valence-electron chi connectivity index (χ1n) is 7.62. The molecule has 1 saturated heterocycles. The van der Waals surface area contributed by atoms with Crippen LogP contribution in [0.4, 0.5) is 0 Å². The second-order valence-corrected chi connectivity index (χ2v) is 7.32. The van der Waals surface area contributed by atoms with E-state index in [1.54, 1.807) is 0 Å². The second kappa shape index (κ2) is 5.89. The molecule has 1 heterocycles. The zero-order chi connectivity index (χ0) is 13.2. The molecular weight excluding hydrogens is 222 g/mol. The van der Waals surface area contributed by atoms with Gasteiger partial charge in [-0.15, -0.1) is 0 Å². The summed E-state index contributed by atoms with van der Waals surface area (Å²) < 4.78 is 0. The Labute approximate surface area is 112 Å². The average Bonchev–Trinajstić information content (AvgIpc) is 2.26. The van der Waals surface area contributed by atoms with Crippen LogP contribution < -0.4 is 11.1 Å². The molecule has 1 unspecified atom stereocenters. The summed E-state index contributed by atoms with van der Waals surface area (Å²) in [6, 6.07) is 0.483. The number of nitrogens with one attached hydrogen (secondary N) is 1. The van der Waals surface area contributed by atoms with E-state index < -0.39 is 0 Å². The lowest BCUT2D eigenvalue weighted by Crippen LogP contribution is -2.46. The van der Waals surface area contributed by atoms with Crippen LogP contribution in [0.5, 0.6) is 0 Å². The van der Waals surface area contributed by atoms with Crippen molar-refractivity contribution in [2.24, 2.45) is 23.0 Å². The highest BCUT2D eigenvalue weighted by atomic mass is 15.1. The maximum atomic E-state index is 5.83. The zero-order valence-corrected chi connectivity index (χ0v) is 12.4. The Kier molecular flexibility index (Phi) is 4.68. The van der Waals surface area contributed by atoms with E-state index in [0.29, 0.717) is 11.5 Å². The number of hydrogen-bond acceptors (Lipinski definition) is 3. The third kappa shape index (κ3) is 3.69. The van der Waals surface area contributed by atoms with Gasteiger partial charge in [0.25, 0.3) is 0 Å². The van der Waals surface area contributed by atoms with E-state index >= 15 is 0 Å². The summed E-state index contributed by atoms with van der Waals surface area (Å²) in [4.78, 5) is 2.49. The minimum absolute atomic E-state index is 0.417. The van der Waals surface area contributed by atoms with E-state index in [1.807, 2.05) is 0 Å². The minimum Gasteiger partial charge on any atom is -0.328 e. The van der Waals surface area contributed by atoms with Gasteiger partial charge in [-0.25, -0.2) is 0 Å². The lowest BCUT2D eigenvalue weighted by Gasteiger charge is -2.41. The summed E-state index contributed by atoms with van der Waals surface area (Å²) >= 11 is 0. The molecule has 2 rings (SSSR count). The van der Waals surface area contributed by atoms with Crippen molar-refractivity contribution in [2.45, 2.75) is 45.6 Å². The van der Waals surface area contributed by atoms with Crippen LogP contribution >= 0.6 is 0 Å². The van der Waals surface area contributed by atoms with Gasteiger partial charge in [-0.05, 0) is 63.1 Å². The SMILES string of the molecule is CN1CCCC(C(C)(C)CNCC2CC(N)C2)C1. The van der Waals surface area contributed by atoms with Crippen molar-refractivity contribution in [2.75, 3.05) is 33.2 Å². The van der Waals surface area contributed by atoms with Crippen LogP contribution in [0.25, 0.3) is 0 Å². The topological polar surface area (TPSA) is 41.3 Å². The highest BCUT2D eigenvalue weighted by Crippen LogP contribution is 2.33. The van der Waals surface area contributed by atoms with Crippen molar-refractivity contribution in [3.8, 4) is 0 Å². The molecule has 0 bridgehead atoms. The fourth-order valence-corrected chi connectivity index (χ4v) is 3.50. The molecule has 18 heavy (non-hydrogen) atoms. The lowest BCUT2D eigenvalue weighted by atomic mass is 9.74. The summed E-state index contributed by atoms with van der Waals surface area (Å²) in [6.45, 7) is 9.71. The summed E-state index contributed by atoms with van der Waals surface area (Å²) in [5.41, 5.74) is 6.24. The highest BCUT2D eigenvalue weighted by Gasteiger charge is 2.32. The number of hydrogen-bond donors (Lipinski definition) is 2. The third-order valence-electron chi connectivity index (χ3n) is 5.02. The molecule has 2 aliphatic rings. The van der Waals surface area contributed by atoms with E-state index in [1.165, 1.54) is 45.3 Å². The second-order valence-electron chi connectivity index (χ2n) is 7.32. The Balaban J connectivity index is 1.69. The summed E-state index contributed by atoms with van der Waals surface area (Å²) in [5.74, 6) is 1.68. The van der Waals surface area contributed by atoms with E-state index in [0.717, 1.165) is 18.4 Å². The largest absolute Gasteiger partial charge is 0.328 e. The van der Waals surface area contributed by atoms with Gasteiger partial charge in [0.2, 0.25) is 0 Å². The normalized spacial score (nSPS) is 34.3. The first kappa shape index (κ1) is 14.3. The van der Waals surface area contributed by atoms with Crippen molar-refractivity contribution < 1.29 is 0 Å². The molecule has 0 aromatic heterocycles. The zero-order valence-electron chi connectivity index (χ0n) is 12.4. The van der Waals surface area contributed by atoms with Crippen LogP contribution in [0.3, 0.4) is 0 Å². The highest BCUT2D eigenvalue weighted by molar-refractivity contribution is 4.87. The fourth-order valence-electron chi connectivity index (χ4n) is 3.50. The van der Waals surface area contributed by atoms with Gasteiger partial charge in [0, 0.05) is 19.1 Å². The first-order chi connectivity index (χ1) is 8.47. The van der Waals surface area contributed by atoms with Crippen molar-refractivity contribution in [3.05, 3.63) is 0 Å². The number of piperidine rings is 1. The Morgan fingerprint density at radius 1 is 1.33 bits per heavy atom. The smallest absolute Gasteiger partial charge is 0.00450 e. The predicted octanol–water partition coefficient (Wildman–Crippen LogP) is 1.68. The van der Waals surface area contributed by atoms with Crippen molar-refractivity contribution in [1.82, 2.24) is 10.2 Å². The van der Waals surface area contributed by atoms with E-state index in [9.17, 15) is 0 Å². The molecule has 0 radical (unpaired) electrons. The third-order valence-corrected chi connectivity index (χ3v) is 5.02. The predicted molar refractivity (Wildman–Crippen MR) is 77.6 cm³/mol. The van der Waals surface area contributed by atoms with Gasteiger partial charge < -0.3 is 16.0 Å². The van der Waals surface area contributed by atoms with Gasteiger partial charge in [-0.2, -0.15) is 0 Å². The Hall–Kier alpha value is -0.120. The average molecular weight is 253 g/mol. The first-order valence-corrected chi connectivity index (χ1v) is 7.62. The van der Waals surface area contributed by atoms with Crippen LogP contribution in [0, 0.1) is 17.3 Å². The maximum Gasteiger partial charge on any atom is 0.00450 e. The molecule has 3 N–H and O–H groups in total. The molecule has 106 valence electrons. The summed E-state index contributed by atoms with van der Waals surface area (Å²) in [6.07, 6.45) is 5.20. The van der Waals surface area contributed by atoms with Crippen molar-refractivity contribution >= 4 is 0 Å². The van der Waals surface area contributed by atoms with Crippen LogP contribution in [0.2, 0.25) is 0 Å². The molecule has 0 aromatic rings. The molecule has 1 aliphatic heterocycles. The molecule has 0 amide bonds. The molecule has 1 saturated carbocycles. The minimum atomic E-state index is 0.417. The summed E-state index contributed by atoms with van der Waals surface area (Å²) in [5, 5.41) is 3.69. The van der Waals surface area contributed by atoms with E-state index in [2.05, 4.69) is 31.1 Å². The van der Waals surface area contributed by atoms with Crippen LogP contribution in [-0.2, 0) is 0 Å². The van der Waals surface area contributed by atoms with Crippen LogP contribution in [-0.4, -0.2) is 44.2 Å².